The maximum atomic E-state index is 12.5. The molecule has 3 rings (SSSR count). The van der Waals surface area contributed by atoms with E-state index in [4.69, 9.17) is 9.47 Å². The van der Waals surface area contributed by atoms with Crippen molar-refractivity contribution in [2.45, 2.75) is 6.42 Å². The van der Waals surface area contributed by atoms with E-state index in [2.05, 4.69) is 5.32 Å². The van der Waals surface area contributed by atoms with Gasteiger partial charge < -0.3 is 19.7 Å². The predicted molar refractivity (Wildman–Crippen MR) is 98.8 cm³/mol. The zero-order valence-corrected chi connectivity index (χ0v) is 14.9. The molecule has 0 bridgehead atoms. The molecule has 0 aliphatic carbocycles. The second-order valence-corrected chi connectivity index (χ2v) is 6.19. The lowest BCUT2D eigenvalue weighted by molar-refractivity contribution is -0.117. The Kier molecular flexibility index (Phi) is 5.41. The van der Waals surface area contributed by atoms with E-state index < -0.39 is 0 Å². The first-order valence-electron chi connectivity index (χ1n) is 8.48. The van der Waals surface area contributed by atoms with Gasteiger partial charge >= 0.3 is 0 Å². The molecule has 2 aromatic rings. The number of nitrogens with zero attached hydrogens (tertiary/aromatic N) is 1. The molecule has 6 nitrogen and oxygen atoms in total. The van der Waals surface area contributed by atoms with Gasteiger partial charge in [0.2, 0.25) is 5.91 Å². The number of para-hydroxylation sites is 1. The highest BCUT2D eigenvalue weighted by Gasteiger charge is 2.30. The van der Waals surface area contributed by atoms with Gasteiger partial charge in [-0.05, 0) is 24.3 Å². The van der Waals surface area contributed by atoms with Crippen LogP contribution in [0.15, 0.2) is 48.5 Å². The summed E-state index contributed by atoms with van der Waals surface area (Å²) in [5.74, 6) is 1.01. The summed E-state index contributed by atoms with van der Waals surface area (Å²) in [4.78, 5) is 26.5. The molecule has 6 heteroatoms. The number of amides is 2. The zero-order valence-electron chi connectivity index (χ0n) is 14.9. The Morgan fingerprint density at radius 2 is 1.92 bits per heavy atom. The van der Waals surface area contributed by atoms with Crippen LogP contribution in [0.2, 0.25) is 0 Å². The summed E-state index contributed by atoms with van der Waals surface area (Å²) in [6, 6.07) is 14.6. The number of hydrogen-bond acceptors (Lipinski definition) is 4. The van der Waals surface area contributed by atoms with E-state index in [9.17, 15) is 9.59 Å². The quantitative estimate of drug-likeness (QED) is 0.865. The van der Waals surface area contributed by atoms with Gasteiger partial charge in [-0.1, -0.05) is 18.2 Å². The van der Waals surface area contributed by atoms with E-state index in [-0.39, 0.29) is 17.7 Å². The van der Waals surface area contributed by atoms with Gasteiger partial charge in [-0.15, -0.1) is 0 Å². The fourth-order valence-corrected chi connectivity index (χ4v) is 3.09. The number of methoxy groups -OCH3 is 2. The number of carbonyl (C=O) groups excluding carboxylic acids is 2. The number of ether oxygens (including phenoxy) is 2. The first kappa shape index (κ1) is 17.8. The number of nitrogens with one attached hydrogen (secondary N) is 1. The van der Waals surface area contributed by atoms with Gasteiger partial charge in [-0.25, -0.2) is 0 Å². The lowest BCUT2D eigenvalue weighted by atomic mass is 10.1. The highest BCUT2D eigenvalue weighted by molar-refractivity contribution is 5.98. The Bertz CT molecular complexity index is 792. The second kappa shape index (κ2) is 7.91. The lowest BCUT2D eigenvalue weighted by Crippen LogP contribution is -2.31. The molecule has 1 heterocycles. The molecule has 1 aliphatic rings. The summed E-state index contributed by atoms with van der Waals surface area (Å²) in [5.41, 5.74) is 1.33. The van der Waals surface area contributed by atoms with Crippen molar-refractivity contribution in [1.82, 2.24) is 5.32 Å². The van der Waals surface area contributed by atoms with Crippen LogP contribution in [0.4, 0.5) is 5.69 Å². The SMILES string of the molecule is COc1ccc(C(=O)NCC2CC(=O)N(c3ccccc3)C2)c(OC)c1. The monoisotopic (exact) mass is 354 g/mol. The minimum absolute atomic E-state index is 0.0795. The highest BCUT2D eigenvalue weighted by atomic mass is 16.5. The van der Waals surface area contributed by atoms with Crippen molar-refractivity contribution in [2.24, 2.45) is 5.92 Å². The Hall–Kier alpha value is -3.02. The Labute approximate surface area is 152 Å². The van der Waals surface area contributed by atoms with E-state index in [1.807, 2.05) is 30.3 Å². The van der Waals surface area contributed by atoms with E-state index >= 15 is 0 Å². The molecule has 1 saturated heterocycles. The van der Waals surface area contributed by atoms with Crippen LogP contribution in [0.3, 0.4) is 0 Å². The van der Waals surface area contributed by atoms with Crippen LogP contribution in [-0.4, -0.2) is 39.1 Å². The molecule has 1 unspecified atom stereocenters. The van der Waals surface area contributed by atoms with Gasteiger partial charge in [0, 0.05) is 37.2 Å². The summed E-state index contributed by atoms with van der Waals surface area (Å²) < 4.78 is 10.4. The van der Waals surface area contributed by atoms with Gasteiger partial charge in [0.25, 0.3) is 5.91 Å². The van der Waals surface area contributed by atoms with Crippen LogP contribution >= 0.6 is 0 Å². The standard InChI is InChI=1S/C20H22N2O4/c1-25-16-8-9-17(18(11-16)26-2)20(24)21-12-14-10-19(23)22(13-14)15-6-4-3-5-7-15/h3-9,11,14H,10,12-13H2,1-2H3,(H,21,24). The van der Waals surface area contributed by atoms with Gasteiger partial charge in [0.05, 0.1) is 19.8 Å². The zero-order chi connectivity index (χ0) is 18.5. The normalized spacial score (nSPS) is 16.5. The lowest BCUT2D eigenvalue weighted by Gasteiger charge is -2.17. The second-order valence-electron chi connectivity index (χ2n) is 6.19. The summed E-state index contributed by atoms with van der Waals surface area (Å²) >= 11 is 0. The van der Waals surface area contributed by atoms with Gasteiger partial charge in [-0.2, -0.15) is 0 Å². The predicted octanol–water partition coefficient (Wildman–Crippen LogP) is 2.49. The topological polar surface area (TPSA) is 67.9 Å². The first-order valence-corrected chi connectivity index (χ1v) is 8.48. The molecule has 1 N–H and O–H groups in total. The van der Waals surface area contributed by atoms with Crippen LogP contribution in [0.25, 0.3) is 0 Å². The minimum atomic E-state index is -0.227. The molecule has 0 spiro atoms. The van der Waals surface area contributed by atoms with Gasteiger partial charge in [0.15, 0.2) is 0 Å². The number of benzene rings is 2. The molecular weight excluding hydrogens is 332 g/mol. The van der Waals surface area contributed by atoms with Crippen molar-refractivity contribution in [3.8, 4) is 11.5 Å². The number of hydrogen-bond donors (Lipinski definition) is 1. The van der Waals surface area contributed by atoms with Crippen LogP contribution in [0.5, 0.6) is 11.5 Å². The molecule has 0 radical (unpaired) electrons. The van der Waals surface area contributed by atoms with Crippen molar-refractivity contribution in [3.63, 3.8) is 0 Å². The average molecular weight is 354 g/mol. The largest absolute Gasteiger partial charge is 0.497 e. The van der Waals surface area contributed by atoms with Crippen LogP contribution in [0, 0.1) is 5.92 Å². The molecular formula is C20H22N2O4. The summed E-state index contributed by atoms with van der Waals surface area (Å²) in [5, 5.41) is 2.91. The Morgan fingerprint density at radius 3 is 2.62 bits per heavy atom. The highest BCUT2D eigenvalue weighted by Crippen LogP contribution is 2.26. The third-order valence-electron chi connectivity index (χ3n) is 4.48. The van der Waals surface area contributed by atoms with E-state index in [0.717, 1.165) is 5.69 Å². The summed E-state index contributed by atoms with van der Waals surface area (Å²) in [6.45, 7) is 1.03. The number of anilines is 1. The molecule has 1 aliphatic heterocycles. The third kappa shape index (κ3) is 3.79. The molecule has 2 aromatic carbocycles. The van der Waals surface area contributed by atoms with E-state index in [1.54, 1.807) is 30.2 Å². The van der Waals surface area contributed by atoms with Crippen LogP contribution < -0.4 is 19.7 Å². The van der Waals surface area contributed by atoms with Crippen molar-refractivity contribution >= 4 is 17.5 Å². The molecule has 26 heavy (non-hydrogen) atoms. The van der Waals surface area contributed by atoms with Crippen LogP contribution in [-0.2, 0) is 4.79 Å². The summed E-state index contributed by atoms with van der Waals surface area (Å²) in [6.07, 6.45) is 0.426. The van der Waals surface area contributed by atoms with Crippen molar-refractivity contribution in [3.05, 3.63) is 54.1 Å². The maximum Gasteiger partial charge on any atom is 0.255 e. The number of carbonyl (C=O) groups is 2. The molecule has 1 atom stereocenters. The smallest absolute Gasteiger partial charge is 0.255 e. The van der Waals surface area contributed by atoms with Gasteiger partial charge in [-0.3, -0.25) is 9.59 Å². The minimum Gasteiger partial charge on any atom is -0.497 e. The molecule has 136 valence electrons. The van der Waals surface area contributed by atoms with Crippen molar-refractivity contribution in [1.29, 1.82) is 0 Å². The Balaban J connectivity index is 1.61. The number of rotatable bonds is 6. The molecule has 1 fully saturated rings. The van der Waals surface area contributed by atoms with E-state index in [0.29, 0.717) is 36.6 Å². The molecule has 2 amide bonds. The van der Waals surface area contributed by atoms with Crippen LogP contribution in [0.1, 0.15) is 16.8 Å². The van der Waals surface area contributed by atoms with Crippen molar-refractivity contribution in [2.75, 3.05) is 32.2 Å². The average Bonchev–Trinajstić information content (AvgIpc) is 3.06. The molecule has 0 saturated carbocycles. The van der Waals surface area contributed by atoms with Gasteiger partial charge in [0.1, 0.15) is 11.5 Å². The third-order valence-corrected chi connectivity index (χ3v) is 4.48. The first-order chi connectivity index (χ1) is 12.6. The van der Waals surface area contributed by atoms with E-state index in [1.165, 1.54) is 7.11 Å². The fourth-order valence-electron chi connectivity index (χ4n) is 3.09. The summed E-state index contributed by atoms with van der Waals surface area (Å²) in [7, 11) is 3.07. The fraction of sp³-hybridized carbons (Fsp3) is 0.300. The maximum absolute atomic E-state index is 12.5. The Morgan fingerprint density at radius 1 is 1.15 bits per heavy atom. The molecule has 0 aromatic heterocycles. The van der Waals surface area contributed by atoms with Crippen molar-refractivity contribution < 1.29 is 19.1 Å².